The molecule has 1 heterocycles. The summed E-state index contributed by atoms with van der Waals surface area (Å²) in [6.07, 6.45) is 2.89. The molecule has 3 aromatic rings. The normalized spacial score (nSPS) is 11.1. The van der Waals surface area contributed by atoms with Gasteiger partial charge < -0.3 is 9.26 Å². The summed E-state index contributed by atoms with van der Waals surface area (Å²) in [6.45, 7) is 2.84. The molecule has 3 rings (SSSR count). The Balaban J connectivity index is 2.12. The fourth-order valence-corrected chi connectivity index (χ4v) is 3.55. The third-order valence-electron chi connectivity index (χ3n) is 3.84. The predicted octanol–water partition coefficient (Wildman–Crippen LogP) is 6.37. The van der Waals surface area contributed by atoms with Crippen LogP contribution in [0.1, 0.15) is 25.3 Å². The van der Waals surface area contributed by atoms with Crippen LogP contribution in [0.5, 0.6) is 5.75 Å². The van der Waals surface area contributed by atoms with Crippen molar-refractivity contribution >= 4 is 42.8 Å². The van der Waals surface area contributed by atoms with E-state index in [1.165, 1.54) is 0 Å². The summed E-state index contributed by atoms with van der Waals surface area (Å²) in [6, 6.07) is 12.2. The first-order valence-electron chi connectivity index (χ1n) is 8.11. The van der Waals surface area contributed by atoms with E-state index in [0.717, 1.165) is 62.6 Å². The standard InChI is InChI=1S/C19H19Br2NO2/c1-2-7-14-16(23-11-6-10-20)12-15(21)17-18(22-24-19(14)17)13-8-4-3-5-9-13/h3-5,8-9,12H,2,6-7,10-11H2,1H3. The highest BCUT2D eigenvalue weighted by Gasteiger charge is 2.20. The molecule has 0 fully saturated rings. The van der Waals surface area contributed by atoms with Gasteiger partial charge in [0, 0.05) is 20.9 Å². The van der Waals surface area contributed by atoms with E-state index in [-0.39, 0.29) is 0 Å². The monoisotopic (exact) mass is 451 g/mol. The van der Waals surface area contributed by atoms with Crippen molar-refractivity contribution in [3.8, 4) is 17.0 Å². The van der Waals surface area contributed by atoms with Gasteiger partial charge in [-0.05, 0) is 34.8 Å². The van der Waals surface area contributed by atoms with E-state index in [4.69, 9.17) is 9.26 Å². The molecule has 0 saturated carbocycles. The average Bonchev–Trinajstić information content (AvgIpc) is 3.05. The lowest BCUT2D eigenvalue weighted by Gasteiger charge is -2.12. The topological polar surface area (TPSA) is 35.3 Å². The molecule has 0 aliphatic heterocycles. The highest BCUT2D eigenvalue weighted by molar-refractivity contribution is 9.10. The fourth-order valence-electron chi connectivity index (χ4n) is 2.75. The van der Waals surface area contributed by atoms with Gasteiger partial charge in [0.15, 0.2) is 5.58 Å². The molecular weight excluding hydrogens is 434 g/mol. The van der Waals surface area contributed by atoms with Crippen LogP contribution in [0.4, 0.5) is 0 Å². The molecule has 24 heavy (non-hydrogen) atoms. The second-order valence-corrected chi connectivity index (χ2v) is 7.22. The molecule has 0 aliphatic carbocycles. The van der Waals surface area contributed by atoms with Gasteiger partial charge in [0.2, 0.25) is 0 Å². The van der Waals surface area contributed by atoms with Crippen LogP contribution in [-0.2, 0) is 6.42 Å². The maximum atomic E-state index is 5.99. The highest BCUT2D eigenvalue weighted by Crippen LogP contribution is 2.40. The minimum absolute atomic E-state index is 0.680. The third-order valence-corrected chi connectivity index (χ3v) is 5.03. The number of nitrogens with zero attached hydrogens (tertiary/aromatic N) is 1. The molecule has 0 aliphatic rings. The summed E-state index contributed by atoms with van der Waals surface area (Å²) in [5.74, 6) is 0.882. The van der Waals surface area contributed by atoms with Crippen LogP contribution in [-0.4, -0.2) is 17.1 Å². The van der Waals surface area contributed by atoms with Crippen molar-refractivity contribution in [1.29, 1.82) is 0 Å². The maximum absolute atomic E-state index is 5.99. The summed E-state index contributed by atoms with van der Waals surface area (Å²) < 4.78 is 12.7. The van der Waals surface area contributed by atoms with Gasteiger partial charge in [0.1, 0.15) is 11.4 Å². The summed E-state index contributed by atoms with van der Waals surface area (Å²) in [5, 5.41) is 6.28. The molecule has 0 N–H and O–H groups in total. The van der Waals surface area contributed by atoms with Gasteiger partial charge in [0.25, 0.3) is 0 Å². The minimum atomic E-state index is 0.680. The van der Waals surface area contributed by atoms with Crippen LogP contribution in [0.3, 0.4) is 0 Å². The molecule has 0 atom stereocenters. The summed E-state index contributed by atoms with van der Waals surface area (Å²) in [4.78, 5) is 0. The van der Waals surface area contributed by atoms with E-state index < -0.39 is 0 Å². The van der Waals surface area contributed by atoms with Crippen molar-refractivity contribution in [3.63, 3.8) is 0 Å². The number of hydrogen-bond acceptors (Lipinski definition) is 3. The molecule has 1 aromatic heterocycles. The SMILES string of the molecule is CCCc1c(OCCCBr)cc(Br)c2c(-c3ccccc3)noc12. The molecule has 2 aromatic carbocycles. The fraction of sp³-hybridized carbons (Fsp3) is 0.316. The van der Waals surface area contributed by atoms with Crippen molar-refractivity contribution < 1.29 is 9.26 Å². The second-order valence-electron chi connectivity index (χ2n) is 5.58. The Labute approximate surface area is 158 Å². The third kappa shape index (κ3) is 3.52. The van der Waals surface area contributed by atoms with Crippen molar-refractivity contribution in [2.75, 3.05) is 11.9 Å². The lowest BCUT2D eigenvalue weighted by molar-refractivity contribution is 0.315. The van der Waals surface area contributed by atoms with E-state index in [0.29, 0.717) is 6.61 Å². The zero-order chi connectivity index (χ0) is 16.9. The number of hydrogen-bond donors (Lipinski definition) is 0. The van der Waals surface area contributed by atoms with Gasteiger partial charge in [-0.3, -0.25) is 0 Å². The second kappa shape index (κ2) is 8.17. The van der Waals surface area contributed by atoms with E-state index >= 15 is 0 Å². The molecular formula is C19H19Br2NO2. The van der Waals surface area contributed by atoms with Crippen LogP contribution in [0.2, 0.25) is 0 Å². The first kappa shape index (κ1) is 17.5. The average molecular weight is 453 g/mol. The molecule has 126 valence electrons. The first-order chi connectivity index (χ1) is 11.8. The van der Waals surface area contributed by atoms with Crippen molar-refractivity contribution in [1.82, 2.24) is 5.16 Å². The van der Waals surface area contributed by atoms with E-state index in [2.05, 4.69) is 43.9 Å². The Morgan fingerprint density at radius 3 is 2.71 bits per heavy atom. The molecule has 0 amide bonds. The number of benzene rings is 2. The van der Waals surface area contributed by atoms with Crippen LogP contribution < -0.4 is 4.74 Å². The van der Waals surface area contributed by atoms with Crippen molar-refractivity contribution in [2.24, 2.45) is 0 Å². The molecule has 0 unspecified atom stereocenters. The van der Waals surface area contributed by atoms with Gasteiger partial charge in [-0.25, -0.2) is 0 Å². The van der Waals surface area contributed by atoms with Gasteiger partial charge in [-0.1, -0.05) is 64.8 Å². The van der Waals surface area contributed by atoms with Crippen LogP contribution >= 0.6 is 31.9 Å². The van der Waals surface area contributed by atoms with Gasteiger partial charge >= 0.3 is 0 Å². The Morgan fingerprint density at radius 1 is 1.21 bits per heavy atom. The number of ether oxygens (including phenoxy) is 1. The van der Waals surface area contributed by atoms with E-state index in [1.54, 1.807) is 0 Å². The number of aryl methyl sites for hydroxylation is 1. The number of rotatable bonds is 7. The highest BCUT2D eigenvalue weighted by atomic mass is 79.9. The Kier molecular flexibility index (Phi) is 5.95. The number of alkyl halides is 1. The Morgan fingerprint density at radius 2 is 2.00 bits per heavy atom. The van der Waals surface area contributed by atoms with Crippen LogP contribution in [0.25, 0.3) is 22.2 Å². The number of halogens is 2. The van der Waals surface area contributed by atoms with E-state index in [9.17, 15) is 0 Å². The molecule has 0 bridgehead atoms. The lowest BCUT2D eigenvalue weighted by atomic mass is 10.0. The maximum Gasteiger partial charge on any atom is 0.175 e. The number of aromatic nitrogens is 1. The van der Waals surface area contributed by atoms with Crippen LogP contribution in [0, 0.1) is 0 Å². The summed E-state index contributed by atoms with van der Waals surface area (Å²) in [5.41, 5.74) is 3.83. The van der Waals surface area contributed by atoms with Crippen molar-refractivity contribution in [3.05, 3.63) is 46.4 Å². The van der Waals surface area contributed by atoms with Gasteiger partial charge in [0.05, 0.1) is 12.0 Å². The van der Waals surface area contributed by atoms with Gasteiger partial charge in [-0.15, -0.1) is 0 Å². The molecule has 3 nitrogen and oxygen atoms in total. The molecule has 0 saturated heterocycles. The number of fused-ring (bicyclic) bond motifs is 1. The predicted molar refractivity (Wildman–Crippen MR) is 105 cm³/mol. The quantitative estimate of drug-likeness (QED) is 0.308. The van der Waals surface area contributed by atoms with Crippen LogP contribution in [0.15, 0.2) is 45.4 Å². The summed E-state index contributed by atoms with van der Waals surface area (Å²) >= 11 is 7.12. The minimum Gasteiger partial charge on any atom is -0.493 e. The first-order valence-corrected chi connectivity index (χ1v) is 10.0. The van der Waals surface area contributed by atoms with E-state index in [1.807, 2.05) is 36.4 Å². The lowest BCUT2D eigenvalue weighted by Crippen LogP contribution is -2.01. The molecule has 5 heteroatoms. The Hall–Kier alpha value is -1.33. The largest absolute Gasteiger partial charge is 0.493 e. The molecule has 0 radical (unpaired) electrons. The zero-order valence-corrected chi connectivity index (χ0v) is 16.7. The van der Waals surface area contributed by atoms with Gasteiger partial charge in [-0.2, -0.15) is 0 Å². The molecule has 0 spiro atoms. The zero-order valence-electron chi connectivity index (χ0n) is 13.5. The Bertz CT molecular complexity index is 815. The summed E-state index contributed by atoms with van der Waals surface area (Å²) in [7, 11) is 0. The van der Waals surface area contributed by atoms with Crippen molar-refractivity contribution in [2.45, 2.75) is 26.2 Å². The smallest absolute Gasteiger partial charge is 0.175 e.